The standard InChI is InChI=1S/C18H13N3O2S/c19-10-13-15(23-12-4-2-1-3-5-12)9-8-14-16(13)24-18(20-14)21-17(22)11-6-7-11/h1-5,8-9,11H,6-7H2,(H,20,21,22). The van der Waals surface area contributed by atoms with Crippen LogP contribution in [0.2, 0.25) is 0 Å². The highest BCUT2D eigenvalue weighted by Crippen LogP contribution is 2.37. The first-order valence-corrected chi connectivity index (χ1v) is 8.43. The quantitative estimate of drug-likeness (QED) is 0.771. The molecule has 1 aliphatic carbocycles. The van der Waals surface area contributed by atoms with Crippen LogP contribution in [0.3, 0.4) is 0 Å². The van der Waals surface area contributed by atoms with Crippen molar-refractivity contribution >= 4 is 32.6 Å². The zero-order valence-corrected chi connectivity index (χ0v) is 13.5. The maximum atomic E-state index is 11.9. The SMILES string of the molecule is N#Cc1c(Oc2ccccc2)ccc2nc(NC(=O)C3CC3)sc12. The van der Waals surface area contributed by atoms with Crippen LogP contribution in [-0.2, 0) is 4.79 Å². The van der Waals surface area contributed by atoms with Crippen molar-refractivity contribution in [2.24, 2.45) is 5.92 Å². The summed E-state index contributed by atoms with van der Waals surface area (Å²) in [6, 6.07) is 15.0. The fourth-order valence-electron chi connectivity index (χ4n) is 2.39. The maximum Gasteiger partial charge on any atom is 0.229 e. The van der Waals surface area contributed by atoms with Crippen LogP contribution < -0.4 is 10.1 Å². The smallest absolute Gasteiger partial charge is 0.229 e. The Hall–Kier alpha value is -2.91. The lowest BCUT2D eigenvalue weighted by Gasteiger charge is -2.07. The number of hydrogen-bond acceptors (Lipinski definition) is 5. The molecule has 0 aliphatic heterocycles. The van der Waals surface area contributed by atoms with E-state index in [1.54, 1.807) is 12.1 Å². The Balaban J connectivity index is 1.68. The minimum atomic E-state index is 0.00771. The number of rotatable bonds is 4. The highest BCUT2D eigenvalue weighted by atomic mass is 32.1. The number of hydrogen-bond donors (Lipinski definition) is 1. The highest BCUT2D eigenvalue weighted by molar-refractivity contribution is 7.22. The predicted octanol–water partition coefficient (Wildman–Crippen LogP) is 4.31. The number of thiazole rings is 1. The number of nitrogens with zero attached hydrogens (tertiary/aromatic N) is 2. The summed E-state index contributed by atoms with van der Waals surface area (Å²) < 4.78 is 6.54. The number of nitrogens with one attached hydrogen (secondary N) is 1. The Labute approximate surface area is 142 Å². The first-order chi connectivity index (χ1) is 11.7. The number of carbonyl (C=O) groups is 1. The molecule has 2 aromatic carbocycles. The van der Waals surface area contributed by atoms with Gasteiger partial charge in [0, 0.05) is 5.92 Å². The molecule has 1 heterocycles. The third kappa shape index (κ3) is 2.82. The molecule has 0 unspecified atom stereocenters. The average Bonchev–Trinajstić information content (AvgIpc) is 3.37. The number of benzene rings is 2. The van der Waals surface area contributed by atoms with E-state index in [2.05, 4.69) is 16.4 Å². The molecule has 5 nitrogen and oxygen atoms in total. The van der Waals surface area contributed by atoms with E-state index in [9.17, 15) is 10.1 Å². The zero-order valence-electron chi connectivity index (χ0n) is 12.7. The second-order valence-electron chi connectivity index (χ2n) is 5.60. The average molecular weight is 335 g/mol. The van der Waals surface area contributed by atoms with Gasteiger partial charge >= 0.3 is 0 Å². The zero-order chi connectivity index (χ0) is 16.5. The molecule has 0 bridgehead atoms. The van der Waals surface area contributed by atoms with E-state index in [1.165, 1.54) is 11.3 Å². The van der Waals surface area contributed by atoms with E-state index >= 15 is 0 Å². The van der Waals surface area contributed by atoms with Crippen LogP contribution in [0.25, 0.3) is 10.2 Å². The van der Waals surface area contributed by atoms with E-state index < -0.39 is 0 Å². The Kier molecular flexibility index (Phi) is 3.63. The van der Waals surface area contributed by atoms with Gasteiger partial charge in [-0.25, -0.2) is 4.98 Å². The van der Waals surface area contributed by atoms with Crippen LogP contribution >= 0.6 is 11.3 Å². The lowest BCUT2D eigenvalue weighted by molar-refractivity contribution is -0.117. The molecule has 118 valence electrons. The van der Waals surface area contributed by atoms with Crippen molar-refractivity contribution in [3.05, 3.63) is 48.0 Å². The molecule has 6 heteroatoms. The van der Waals surface area contributed by atoms with Gasteiger partial charge in [-0.3, -0.25) is 4.79 Å². The van der Waals surface area contributed by atoms with Gasteiger partial charge in [-0.15, -0.1) is 0 Å². The van der Waals surface area contributed by atoms with Gasteiger partial charge in [0.25, 0.3) is 0 Å². The van der Waals surface area contributed by atoms with Crippen molar-refractivity contribution in [1.29, 1.82) is 5.26 Å². The number of aromatic nitrogens is 1. The number of carbonyl (C=O) groups excluding carboxylic acids is 1. The largest absolute Gasteiger partial charge is 0.456 e. The molecule has 1 saturated carbocycles. The summed E-state index contributed by atoms with van der Waals surface area (Å²) in [6.07, 6.45) is 1.88. The van der Waals surface area contributed by atoms with Gasteiger partial charge in [0.1, 0.15) is 23.1 Å². The van der Waals surface area contributed by atoms with Crippen LogP contribution in [0, 0.1) is 17.2 Å². The lowest BCUT2D eigenvalue weighted by atomic mass is 10.2. The normalized spacial score (nSPS) is 13.5. The van der Waals surface area contributed by atoms with Gasteiger partial charge in [-0.05, 0) is 37.1 Å². The van der Waals surface area contributed by atoms with Crippen LogP contribution in [0.1, 0.15) is 18.4 Å². The van der Waals surface area contributed by atoms with Gasteiger partial charge in [0.05, 0.1) is 10.2 Å². The fraction of sp³-hybridized carbons (Fsp3) is 0.167. The molecule has 3 aromatic rings. The number of amides is 1. The lowest BCUT2D eigenvalue weighted by Crippen LogP contribution is -2.12. The van der Waals surface area contributed by atoms with Crippen LogP contribution in [0.4, 0.5) is 5.13 Å². The fourth-order valence-corrected chi connectivity index (χ4v) is 3.34. The first kappa shape index (κ1) is 14.7. The van der Waals surface area contributed by atoms with Crippen molar-refractivity contribution in [3.8, 4) is 17.6 Å². The van der Waals surface area contributed by atoms with E-state index in [1.807, 2.05) is 30.3 Å². The predicted molar refractivity (Wildman–Crippen MR) is 92.2 cm³/mol. The Bertz CT molecular complexity index is 956. The summed E-state index contributed by atoms with van der Waals surface area (Å²) in [6.45, 7) is 0. The van der Waals surface area contributed by atoms with Crippen LogP contribution in [0.15, 0.2) is 42.5 Å². The molecule has 1 aliphatic rings. The van der Waals surface area contributed by atoms with Crippen molar-refractivity contribution in [2.45, 2.75) is 12.8 Å². The van der Waals surface area contributed by atoms with Crippen LogP contribution in [0.5, 0.6) is 11.5 Å². The monoisotopic (exact) mass is 335 g/mol. The number of nitriles is 1. The second kappa shape index (κ2) is 5.95. The van der Waals surface area contributed by atoms with E-state index in [-0.39, 0.29) is 11.8 Å². The molecule has 0 atom stereocenters. The maximum absolute atomic E-state index is 11.9. The number of ether oxygens (including phenoxy) is 1. The number of anilines is 1. The molecular formula is C18H13N3O2S. The van der Waals surface area contributed by atoms with Gasteiger partial charge in [-0.1, -0.05) is 29.5 Å². The summed E-state index contributed by atoms with van der Waals surface area (Å²) in [5.41, 5.74) is 1.11. The molecule has 1 N–H and O–H groups in total. The third-order valence-corrected chi connectivity index (χ3v) is 4.78. The first-order valence-electron chi connectivity index (χ1n) is 7.62. The Morgan fingerprint density at radius 3 is 2.75 bits per heavy atom. The molecule has 4 rings (SSSR count). The summed E-state index contributed by atoms with van der Waals surface area (Å²) in [5, 5.41) is 12.9. The molecule has 0 spiro atoms. The van der Waals surface area contributed by atoms with Crippen LogP contribution in [-0.4, -0.2) is 10.9 Å². The van der Waals surface area contributed by atoms with Crippen molar-refractivity contribution in [2.75, 3.05) is 5.32 Å². The molecule has 1 amide bonds. The molecule has 1 aromatic heterocycles. The van der Waals surface area contributed by atoms with Gasteiger partial charge in [-0.2, -0.15) is 5.26 Å². The minimum Gasteiger partial charge on any atom is -0.456 e. The van der Waals surface area contributed by atoms with Crippen molar-refractivity contribution < 1.29 is 9.53 Å². The van der Waals surface area contributed by atoms with Gasteiger partial charge < -0.3 is 10.1 Å². The highest BCUT2D eigenvalue weighted by Gasteiger charge is 2.30. The number of fused-ring (bicyclic) bond motifs is 1. The molecular weight excluding hydrogens is 322 g/mol. The van der Waals surface area contributed by atoms with Gasteiger partial charge in [0.2, 0.25) is 5.91 Å². The Morgan fingerprint density at radius 1 is 1.25 bits per heavy atom. The number of para-hydroxylation sites is 1. The Morgan fingerprint density at radius 2 is 2.04 bits per heavy atom. The molecule has 24 heavy (non-hydrogen) atoms. The second-order valence-corrected chi connectivity index (χ2v) is 6.60. The van der Waals surface area contributed by atoms with Crippen molar-refractivity contribution in [1.82, 2.24) is 4.98 Å². The third-order valence-electron chi connectivity index (χ3n) is 3.78. The summed E-state index contributed by atoms with van der Waals surface area (Å²) >= 11 is 1.30. The minimum absolute atomic E-state index is 0.00771. The summed E-state index contributed by atoms with van der Waals surface area (Å²) in [4.78, 5) is 16.3. The van der Waals surface area contributed by atoms with E-state index in [0.717, 1.165) is 17.5 Å². The topological polar surface area (TPSA) is 75.0 Å². The summed E-state index contributed by atoms with van der Waals surface area (Å²) in [5.74, 6) is 1.28. The summed E-state index contributed by atoms with van der Waals surface area (Å²) in [7, 11) is 0. The van der Waals surface area contributed by atoms with E-state index in [4.69, 9.17) is 4.74 Å². The molecule has 0 saturated heterocycles. The molecule has 1 fully saturated rings. The van der Waals surface area contributed by atoms with Gasteiger partial charge in [0.15, 0.2) is 5.13 Å². The molecule has 0 radical (unpaired) electrons. The van der Waals surface area contributed by atoms with E-state index in [0.29, 0.717) is 27.7 Å². The van der Waals surface area contributed by atoms with Crippen molar-refractivity contribution in [3.63, 3.8) is 0 Å².